The Labute approximate surface area is 121 Å². The Balaban J connectivity index is 2.26. The third kappa shape index (κ3) is 3.11. The molecule has 0 heterocycles. The van der Waals surface area contributed by atoms with Gasteiger partial charge in [0.05, 0.1) is 10.7 Å². The van der Waals surface area contributed by atoms with Crippen molar-refractivity contribution in [1.29, 1.82) is 0 Å². The molecule has 0 aliphatic rings. The number of anilines is 1. The number of halogens is 4. The van der Waals surface area contributed by atoms with Crippen molar-refractivity contribution in [2.75, 3.05) is 5.32 Å². The lowest BCUT2D eigenvalue weighted by Gasteiger charge is -2.07. The molecule has 0 spiro atoms. The molecule has 98 valence electrons. The van der Waals surface area contributed by atoms with E-state index in [1.165, 1.54) is 30.3 Å². The van der Waals surface area contributed by atoms with E-state index in [2.05, 4.69) is 21.2 Å². The van der Waals surface area contributed by atoms with Gasteiger partial charge >= 0.3 is 0 Å². The molecular weight excluding hydrogens is 340 g/mol. The minimum atomic E-state index is -1.09. The highest BCUT2D eigenvalue weighted by atomic mass is 79.9. The summed E-state index contributed by atoms with van der Waals surface area (Å²) in [5.74, 6) is -2.67. The molecule has 0 aliphatic carbocycles. The van der Waals surface area contributed by atoms with Crippen molar-refractivity contribution < 1.29 is 13.6 Å². The van der Waals surface area contributed by atoms with Crippen LogP contribution in [0.5, 0.6) is 0 Å². The molecule has 0 atom stereocenters. The van der Waals surface area contributed by atoms with E-state index in [0.29, 0.717) is 9.50 Å². The van der Waals surface area contributed by atoms with Gasteiger partial charge in [-0.25, -0.2) is 8.78 Å². The molecule has 1 N–H and O–H groups in total. The third-order valence-corrected chi connectivity index (χ3v) is 3.60. The van der Waals surface area contributed by atoms with Gasteiger partial charge in [0.2, 0.25) is 0 Å². The maximum absolute atomic E-state index is 13.4. The van der Waals surface area contributed by atoms with Crippen LogP contribution in [0.25, 0.3) is 0 Å². The number of hydrogen-bond acceptors (Lipinski definition) is 1. The molecule has 0 bridgehead atoms. The summed E-state index contributed by atoms with van der Waals surface area (Å²) in [7, 11) is 0. The molecule has 2 nitrogen and oxygen atoms in total. The van der Waals surface area contributed by atoms with Gasteiger partial charge in [0.1, 0.15) is 0 Å². The van der Waals surface area contributed by atoms with Gasteiger partial charge in [-0.1, -0.05) is 17.7 Å². The van der Waals surface area contributed by atoms with E-state index in [1.807, 2.05) is 0 Å². The zero-order valence-electron chi connectivity index (χ0n) is 9.38. The normalized spacial score (nSPS) is 10.3. The average Bonchev–Trinajstić information content (AvgIpc) is 2.38. The predicted molar refractivity (Wildman–Crippen MR) is 73.5 cm³/mol. The van der Waals surface area contributed by atoms with Gasteiger partial charge in [0.15, 0.2) is 11.6 Å². The van der Waals surface area contributed by atoms with Crippen LogP contribution >= 0.6 is 27.5 Å². The topological polar surface area (TPSA) is 29.1 Å². The van der Waals surface area contributed by atoms with Crippen LogP contribution < -0.4 is 5.32 Å². The average molecular weight is 347 g/mol. The highest BCUT2D eigenvalue weighted by molar-refractivity contribution is 9.10. The summed E-state index contributed by atoms with van der Waals surface area (Å²) < 4.78 is 26.9. The summed E-state index contributed by atoms with van der Waals surface area (Å²) in [5, 5.41) is 2.75. The van der Waals surface area contributed by atoms with E-state index in [9.17, 15) is 13.6 Å². The number of carbonyl (C=O) groups excluding carboxylic acids is 1. The van der Waals surface area contributed by atoms with Gasteiger partial charge in [-0.2, -0.15) is 0 Å². The number of hydrogen-bond donors (Lipinski definition) is 1. The van der Waals surface area contributed by atoms with Gasteiger partial charge in [-0.05, 0) is 46.3 Å². The van der Waals surface area contributed by atoms with Gasteiger partial charge in [0.25, 0.3) is 5.91 Å². The number of amides is 1. The summed E-state index contributed by atoms with van der Waals surface area (Å²) in [6.07, 6.45) is 0. The molecule has 6 heteroatoms. The SMILES string of the molecule is O=C(Nc1cccc(F)c1F)c1ccc(Cl)c(Br)c1. The summed E-state index contributed by atoms with van der Waals surface area (Å²) >= 11 is 8.98. The van der Waals surface area contributed by atoms with Crippen LogP contribution in [0.15, 0.2) is 40.9 Å². The van der Waals surface area contributed by atoms with Crippen LogP contribution in [0.4, 0.5) is 14.5 Å². The van der Waals surface area contributed by atoms with Crippen LogP contribution in [-0.4, -0.2) is 5.91 Å². The molecule has 2 rings (SSSR count). The molecule has 0 aliphatic heterocycles. The largest absolute Gasteiger partial charge is 0.319 e. The first-order valence-electron chi connectivity index (χ1n) is 5.19. The Morgan fingerprint density at radius 2 is 1.95 bits per heavy atom. The molecule has 0 saturated heterocycles. The number of rotatable bonds is 2. The molecule has 0 fully saturated rings. The van der Waals surface area contributed by atoms with E-state index >= 15 is 0 Å². The molecule has 0 radical (unpaired) electrons. The third-order valence-electron chi connectivity index (χ3n) is 2.38. The van der Waals surface area contributed by atoms with Gasteiger partial charge < -0.3 is 5.32 Å². The summed E-state index contributed by atoms with van der Waals surface area (Å²) in [4.78, 5) is 11.9. The van der Waals surface area contributed by atoms with E-state index < -0.39 is 17.5 Å². The Morgan fingerprint density at radius 1 is 1.21 bits per heavy atom. The maximum atomic E-state index is 13.4. The monoisotopic (exact) mass is 345 g/mol. The first-order valence-corrected chi connectivity index (χ1v) is 6.36. The van der Waals surface area contributed by atoms with Crippen LogP contribution in [0.2, 0.25) is 5.02 Å². The van der Waals surface area contributed by atoms with Crippen LogP contribution in [0.1, 0.15) is 10.4 Å². The van der Waals surface area contributed by atoms with Crippen molar-refractivity contribution in [2.24, 2.45) is 0 Å². The lowest BCUT2D eigenvalue weighted by molar-refractivity contribution is 0.102. The second-order valence-corrected chi connectivity index (χ2v) is 4.95. The van der Waals surface area contributed by atoms with Gasteiger partial charge in [-0.15, -0.1) is 0 Å². The van der Waals surface area contributed by atoms with Crippen molar-refractivity contribution in [1.82, 2.24) is 0 Å². The van der Waals surface area contributed by atoms with Crippen LogP contribution in [-0.2, 0) is 0 Å². The Hall–Kier alpha value is -1.46. The van der Waals surface area contributed by atoms with Crippen molar-refractivity contribution in [2.45, 2.75) is 0 Å². The maximum Gasteiger partial charge on any atom is 0.255 e. The number of nitrogens with one attached hydrogen (secondary N) is 1. The molecular formula is C13H7BrClF2NO. The van der Waals surface area contributed by atoms with Gasteiger partial charge in [-0.3, -0.25) is 4.79 Å². The van der Waals surface area contributed by atoms with Crippen molar-refractivity contribution in [3.05, 3.63) is 63.1 Å². The Kier molecular flexibility index (Phi) is 4.17. The fraction of sp³-hybridized carbons (Fsp3) is 0. The molecule has 0 aromatic heterocycles. The first kappa shape index (κ1) is 14.0. The fourth-order valence-corrected chi connectivity index (χ4v) is 1.93. The molecule has 19 heavy (non-hydrogen) atoms. The smallest absolute Gasteiger partial charge is 0.255 e. The fourth-order valence-electron chi connectivity index (χ4n) is 1.43. The first-order chi connectivity index (χ1) is 8.99. The minimum Gasteiger partial charge on any atom is -0.319 e. The van der Waals surface area contributed by atoms with Crippen molar-refractivity contribution >= 4 is 39.1 Å². The van der Waals surface area contributed by atoms with Crippen LogP contribution in [0, 0.1) is 11.6 Å². The highest BCUT2D eigenvalue weighted by Gasteiger charge is 2.12. The summed E-state index contributed by atoms with van der Waals surface area (Å²) in [6, 6.07) is 8.08. The van der Waals surface area contributed by atoms with Gasteiger partial charge in [0, 0.05) is 10.0 Å². The summed E-state index contributed by atoms with van der Waals surface area (Å²) in [5.41, 5.74) is 0.0657. The lowest BCUT2D eigenvalue weighted by atomic mass is 10.2. The zero-order valence-corrected chi connectivity index (χ0v) is 11.7. The minimum absolute atomic E-state index is 0.212. The van der Waals surface area contributed by atoms with Crippen molar-refractivity contribution in [3.8, 4) is 0 Å². The van der Waals surface area contributed by atoms with Crippen LogP contribution in [0.3, 0.4) is 0 Å². The summed E-state index contributed by atoms with van der Waals surface area (Å²) in [6.45, 7) is 0. The van der Waals surface area contributed by atoms with E-state index in [4.69, 9.17) is 11.6 Å². The standard InChI is InChI=1S/C13H7BrClF2NO/c14-8-6-7(4-5-9(8)15)13(19)18-11-3-1-2-10(16)12(11)17/h1-6H,(H,18,19). The second-order valence-electron chi connectivity index (χ2n) is 3.68. The Morgan fingerprint density at radius 3 is 2.63 bits per heavy atom. The molecule has 0 unspecified atom stereocenters. The van der Waals surface area contributed by atoms with E-state index in [-0.39, 0.29) is 11.3 Å². The number of benzene rings is 2. The second kappa shape index (κ2) is 5.67. The highest BCUT2D eigenvalue weighted by Crippen LogP contribution is 2.24. The lowest BCUT2D eigenvalue weighted by Crippen LogP contribution is -2.13. The quantitative estimate of drug-likeness (QED) is 0.844. The predicted octanol–water partition coefficient (Wildman–Crippen LogP) is 4.63. The Bertz CT molecular complexity index is 649. The molecule has 0 saturated carbocycles. The zero-order chi connectivity index (χ0) is 14.0. The molecule has 1 amide bonds. The number of carbonyl (C=O) groups is 1. The molecule has 2 aromatic carbocycles. The van der Waals surface area contributed by atoms with E-state index in [0.717, 1.165) is 6.07 Å². The van der Waals surface area contributed by atoms with E-state index in [1.54, 1.807) is 0 Å². The van der Waals surface area contributed by atoms with Crippen molar-refractivity contribution in [3.63, 3.8) is 0 Å². The molecule has 2 aromatic rings.